The van der Waals surface area contributed by atoms with Crippen LogP contribution in [-0.4, -0.2) is 0 Å². The van der Waals surface area contributed by atoms with Gasteiger partial charge >= 0.3 is 0 Å². The molecule has 0 saturated carbocycles. The Morgan fingerprint density at radius 2 is 1.14 bits per heavy atom. The Morgan fingerprint density at radius 1 is 0.568 bits per heavy atom. The molecule has 9 rings (SSSR count). The van der Waals surface area contributed by atoms with Crippen LogP contribution >= 0.6 is 0 Å². The molecule has 1 aliphatic rings. The zero-order valence-electron chi connectivity index (χ0n) is 23.5. The third-order valence-electron chi connectivity index (χ3n) is 8.96. The summed E-state index contributed by atoms with van der Waals surface area (Å²) >= 11 is 0. The van der Waals surface area contributed by atoms with E-state index in [0.717, 1.165) is 101 Å². The minimum atomic E-state index is 0.650. The first-order valence-electron chi connectivity index (χ1n) is 14.6. The van der Waals surface area contributed by atoms with Crippen LogP contribution in [0.5, 0.6) is 0 Å². The molecule has 204 valence electrons. The first-order chi connectivity index (χ1) is 21.6. The number of hydrogen-bond acceptors (Lipinski definition) is 3. The molecule has 0 amide bonds. The van der Waals surface area contributed by atoms with Crippen molar-refractivity contribution in [1.29, 1.82) is 5.26 Å². The monoisotopic (exact) mass is 562 g/mol. The predicted molar refractivity (Wildman–Crippen MR) is 178 cm³/mol. The SMILES string of the molecule is [C-]#[N+]c1ccc2cc(-c3ccc4oc5cc6c(cc5c4c3)oc3ccc(-c4ccc5c(c4)CCC(C#N)=C5)cc36)ccc2c1. The van der Waals surface area contributed by atoms with Crippen LogP contribution in [-0.2, 0) is 6.42 Å². The summed E-state index contributed by atoms with van der Waals surface area (Å²) in [6.45, 7) is 7.29. The second-order valence-electron chi connectivity index (χ2n) is 11.5. The highest BCUT2D eigenvalue weighted by molar-refractivity contribution is 6.15. The number of nitrogens with zero attached hydrogens (tertiary/aromatic N) is 2. The van der Waals surface area contributed by atoms with Crippen molar-refractivity contribution in [3.8, 4) is 28.3 Å². The average molecular weight is 563 g/mol. The lowest BCUT2D eigenvalue weighted by Crippen LogP contribution is -1.98. The van der Waals surface area contributed by atoms with Gasteiger partial charge in [0, 0.05) is 27.1 Å². The maximum Gasteiger partial charge on any atom is 0.187 e. The first-order valence-corrected chi connectivity index (χ1v) is 14.6. The molecule has 2 heterocycles. The van der Waals surface area contributed by atoms with Crippen molar-refractivity contribution in [3.63, 3.8) is 0 Å². The number of rotatable bonds is 2. The molecule has 0 N–H and O–H groups in total. The Hall–Kier alpha value is -6.10. The van der Waals surface area contributed by atoms with Crippen LogP contribution in [0.3, 0.4) is 0 Å². The van der Waals surface area contributed by atoms with E-state index in [2.05, 4.69) is 89.8 Å². The molecule has 6 aromatic carbocycles. The molecule has 0 atom stereocenters. The molecule has 4 nitrogen and oxygen atoms in total. The molecular weight excluding hydrogens is 540 g/mol. The normalized spacial score (nSPS) is 12.9. The van der Waals surface area contributed by atoms with Crippen molar-refractivity contribution in [1.82, 2.24) is 0 Å². The molecule has 8 aromatic rings. The lowest BCUT2D eigenvalue weighted by molar-refractivity contribution is 0.664. The van der Waals surface area contributed by atoms with Crippen LogP contribution in [0.2, 0.25) is 0 Å². The van der Waals surface area contributed by atoms with E-state index in [0.29, 0.717) is 5.69 Å². The lowest BCUT2D eigenvalue weighted by Gasteiger charge is -2.14. The van der Waals surface area contributed by atoms with Crippen LogP contribution in [0.4, 0.5) is 5.69 Å². The molecule has 2 aromatic heterocycles. The van der Waals surface area contributed by atoms with Gasteiger partial charge in [0.05, 0.1) is 12.6 Å². The lowest BCUT2D eigenvalue weighted by atomic mass is 9.90. The molecule has 0 fully saturated rings. The molecule has 0 spiro atoms. The molecule has 4 heteroatoms. The van der Waals surface area contributed by atoms with Gasteiger partial charge in [-0.1, -0.05) is 54.6 Å². The highest BCUT2D eigenvalue weighted by atomic mass is 16.3. The van der Waals surface area contributed by atoms with E-state index in [-0.39, 0.29) is 0 Å². The molecule has 0 aliphatic heterocycles. The Bertz CT molecular complexity index is 2640. The zero-order valence-corrected chi connectivity index (χ0v) is 23.5. The van der Waals surface area contributed by atoms with Gasteiger partial charge in [0.25, 0.3) is 0 Å². The Balaban J connectivity index is 1.14. The zero-order chi connectivity index (χ0) is 29.4. The number of furan rings is 2. The van der Waals surface area contributed by atoms with E-state index < -0.39 is 0 Å². The molecule has 0 unspecified atom stereocenters. The van der Waals surface area contributed by atoms with Gasteiger partial charge in [0.1, 0.15) is 22.3 Å². The summed E-state index contributed by atoms with van der Waals surface area (Å²) in [6.07, 6.45) is 3.68. The summed E-state index contributed by atoms with van der Waals surface area (Å²) in [5.41, 5.74) is 11.8. The van der Waals surface area contributed by atoms with E-state index in [4.69, 9.17) is 15.4 Å². The van der Waals surface area contributed by atoms with Crippen LogP contribution in [0, 0.1) is 17.9 Å². The van der Waals surface area contributed by atoms with Crippen LogP contribution < -0.4 is 0 Å². The van der Waals surface area contributed by atoms with Gasteiger partial charge in [-0.15, -0.1) is 0 Å². The molecular formula is C40H22N2O2. The summed E-state index contributed by atoms with van der Waals surface area (Å²) in [6, 6.07) is 37.9. The van der Waals surface area contributed by atoms with Crippen LogP contribution in [0.1, 0.15) is 17.5 Å². The van der Waals surface area contributed by atoms with Crippen molar-refractivity contribution in [2.75, 3.05) is 0 Å². The minimum Gasteiger partial charge on any atom is -0.456 e. The third kappa shape index (κ3) is 3.76. The smallest absolute Gasteiger partial charge is 0.187 e. The molecule has 0 bridgehead atoms. The summed E-state index contributed by atoms with van der Waals surface area (Å²) in [4.78, 5) is 3.55. The molecule has 0 saturated heterocycles. The standard InChI is InChI=1S/C40H22N2O2/c1-42-32-11-8-28-16-27(6-7-29(28)17-32)31-10-13-38-34(19-31)36-21-39-35(20-40(36)44-38)33-18-30(9-12-37(33)43-39)26-5-4-24-14-23(22-41)2-3-25(24)15-26/h4-21H,2-3H2. The average Bonchev–Trinajstić information content (AvgIpc) is 3.62. The van der Waals surface area contributed by atoms with Gasteiger partial charge in [-0.25, -0.2) is 4.85 Å². The maximum absolute atomic E-state index is 9.29. The number of hydrogen-bond donors (Lipinski definition) is 0. The van der Waals surface area contributed by atoms with Gasteiger partial charge in [-0.2, -0.15) is 5.26 Å². The second kappa shape index (κ2) is 9.20. The van der Waals surface area contributed by atoms with E-state index in [1.807, 2.05) is 30.3 Å². The summed E-state index contributed by atoms with van der Waals surface area (Å²) < 4.78 is 12.7. The fraction of sp³-hybridized carbons (Fsp3) is 0.0500. The van der Waals surface area contributed by atoms with Crippen molar-refractivity contribution in [2.24, 2.45) is 0 Å². The van der Waals surface area contributed by atoms with Crippen molar-refractivity contribution in [2.45, 2.75) is 12.8 Å². The van der Waals surface area contributed by atoms with Gasteiger partial charge in [-0.05, 0) is 112 Å². The molecule has 1 aliphatic carbocycles. The molecule has 44 heavy (non-hydrogen) atoms. The number of fused-ring (bicyclic) bond motifs is 8. The Labute approximate surface area is 252 Å². The van der Waals surface area contributed by atoms with Crippen molar-refractivity contribution >= 4 is 66.4 Å². The van der Waals surface area contributed by atoms with Crippen molar-refractivity contribution in [3.05, 3.63) is 131 Å². The number of benzene rings is 6. The highest BCUT2D eigenvalue weighted by Gasteiger charge is 2.16. The summed E-state index contributed by atoms with van der Waals surface area (Å²) in [7, 11) is 0. The van der Waals surface area contributed by atoms with Gasteiger partial charge in [0.15, 0.2) is 5.69 Å². The van der Waals surface area contributed by atoms with E-state index in [1.54, 1.807) is 0 Å². The van der Waals surface area contributed by atoms with Gasteiger partial charge in [-0.3, -0.25) is 0 Å². The predicted octanol–water partition coefficient (Wildman–Crippen LogP) is 11.4. The summed E-state index contributed by atoms with van der Waals surface area (Å²) in [5, 5.41) is 15.6. The first kappa shape index (κ1) is 24.5. The Kier molecular flexibility index (Phi) is 5.12. The van der Waals surface area contributed by atoms with Crippen LogP contribution in [0.25, 0.3) is 87.8 Å². The minimum absolute atomic E-state index is 0.650. The number of allylic oxidation sites excluding steroid dienone is 1. The Morgan fingerprint density at radius 3 is 1.82 bits per heavy atom. The van der Waals surface area contributed by atoms with E-state index in [9.17, 15) is 5.26 Å². The van der Waals surface area contributed by atoms with E-state index >= 15 is 0 Å². The van der Waals surface area contributed by atoms with Gasteiger partial charge in [0.2, 0.25) is 0 Å². The number of nitriles is 1. The van der Waals surface area contributed by atoms with Crippen molar-refractivity contribution < 1.29 is 8.83 Å². The fourth-order valence-corrected chi connectivity index (χ4v) is 6.65. The summed E-state index contributed by atoms with van der Waals surface area (Å²) in [5.74, 6) is 0. The fourth-order valence-electron chi connectivity index (χ4n) is 6.65. The second-order valence-corrected chi connectivity index (χ2v) is 11.5. The molecule has 0 radical (unpaired) electrons. The topological polar surface area (TPSA) is 54.4 Å². The third-order valence-corrected chi connectivity index (χ3v) is 8.96. The highest BCUT2D eigenvalue weighted by Crippen LogP contribution is 2.40. The largest absolute Gasteiger partial charge is 0.456 e. The van der Waals surface area contributed by atoms with Crippen LogP contribution in [0.15, 0.2) is 118 Å². The van der Waals surface area contributed by atoms with E-state index in [1.165, 1.54) is 5.56 Å². The quantitative estimate of drug-likeness (QED) is 0.197. The number of aryl methyl sites for hydroxylation is 1. The van der Waals surface area contributed by atoms with Gasteiger partial charge < -0.3 is 8.83 Å². The maximum atomic E-state index is 9.29.